The maximum Gasteiger partial charge on any atom is 0.341 e. The summed E-state index contributed by atoms with van der Waals surface area (Å²) in [6, 6.07) is 1.39. The largest absolute Gasteiger partial charge is 0.481 e. The maximum atomic E-state index is 11.0. The lowest BCUT2D eigenvalue weighted by Crippen LogP contribution is -2.05. The molecule has 0 spiro atoms. The van der Waals surface area contributed by atoms with Crippen molar-refractivity contribution < 1.29 is 24.2 Å². The molecule has 0 atom stereocenters. The van der Waals surface area contributed by atoms with E-state index in [4.69, 9.17) is 26.2 Å². The summed E-state index contributed by atoms with van der Waals surface area (Å²) in [5.74, 6) is -2.61. The van der Waals surface area contributed by atoms with Gasteiger partial charge < -0.3 is 14.6 Å². The fourth-order valence-corrected chi connectivity index (χ4v) is 1.63. The van der Waals surface area contributed by atoms with Crippen LogP contribution in [-0.4, -0.2) is 27.1 Å². The number of aliphatic carboxylic acids is 1. The van der Waals surface area contributed by atoms with Crippen molar-refractivity contribution in [3.05, 3.63) is 28.6 Å². The first-order valence-corrected chi connectivity index (χ1v) is 4.89. The van der Waals surface area contributed by atoms with E-state index in [1.54, 1.807) is 0 Å². The predicted molar refractivity (Wildman–Crippen MR) is 57.3 cm³/mol. The van der Waals surface area contributed by atoms with Gasteiger partial charge in [0.05, 0.1) is 5.02 Å². The number of fused-ring (bicyclic) bond motifs is 1. The number of furan rings is 1. The monoisotopic (exact) mass is 255 g/mol. The van der Waals surface area contributed by atoms with Crippen molar-refractivity contribution in [1.82, 2.24) is 4.98 Å². The highest BCUT2D eigenvalue weighted by Crippen LogP contribution is 2.26. The molecule has 0 aliphatic carbocycles. The van der Waals surface area contributed by atoms with Crippen LogP contribution in [0.1, 0.15) is 16.1 Å². The van der Waals surface area contributed by atoms with Crippen molar-refractivity contribution in [1.29, 1.82) is 0 Å². The number of carboxylic acid groups (broad SMARTS) is 2. The Bertz CT molecular complexity index is 618. The highest BCUT2D eigenvalue weighted by molar-refractivity contribution is 6.31. The highest BCUT2D eigenvalue weighted by atomic mass is 35.5. The summed E-state index contributed by atoms with van der Waals surface area (Å²) in [6.07, 6.45) is 0.756. The standard InChI is InChI=1S/C10H6ClNO5/c11-4-1-6-9(12-3-4)8(10(15)16)5(17-6)2-7(13)14/h1,3H,2H2,(H,13,14)(H,15,16). The lowest BCUT2D eigenvalue weighted by atomic mass is 10.2. The minimum absolute atomic E-state index is 0.0955. The Morgan fingerprint density at radius 1 is 1.41 bits per heavy atom. The van der Waals surface area contributed by atoms with Crippen molar-refractivity contribution in [2.24, 2.45) is 0 Å². The SMILES string of the molecule is O=C(O)Cc1oc2cc(Cl)cnc2c1C(=O)O. The van der Waals surface area contributed by atoms with Crippen molar-refractivity contribution in [3.63, 3.8) is 0 Å². The number of nitrogens with zero attached hydrogens (tertiary/aromatic N) is 1. The number of aromatic nitrogens is 1. The van der Waals surface area contributed by atoms with Gasteiger partial charge in [-0.15, -0.1) is 0 Å². The van der Waals surface area contributed by atoms with Gasteiger partial charge in [-0.05, 0) is 0 Å². The van der Waals surface area contributed by atoms with Crippen LogP contribution < -0.4 is 0 Å². The molecule has 2 aromatic heterocycles. The van der Waals surface area contributed by atoms with E-state index in [0.717, 1.165) is 0 Å². The average Bonchev–Trinajstić information content (AvgIpc) is 2.53. The van der Waals surface area contributed by atoms with E-state index >= 15 is 0 Å². The van der Waals surface area contributed by atoms with Crippen LogP contribution in [0.2, 0.25) is 5.02 Å². The molecule has 0 aliphatic heterocycles. The second kappa shape index (κ2) is 4.06. The molecule has 6 nitrogen and oxygen atoms in total. The lowest BCUT2D eigenvalue weighted by molar-refractivity contribution is -0.136. The van der Waals surface area contributed by atoms with E-state index in [-0.39, 0.29) is 27.4 Å². The van der Waals surface area contributed by atoms with Crippen LogP contribution >= 0.6 is 11.6 Å². The smallest absolute Gasteiger partial charge is 0.341 e. The summed E-state index contributed by atoms with van der Waals surface area (Å²) in [5.41, 5.74) is 0.0170. The number of carbonyl (C=O) groups is 2. The number of hydrogen-bond acceptors (Lipinski definition) is 4. The summed E-state index contributed by atoms with van der Waals surface area (Å²) >= 11 is 5.68. The molecular formula is C10H6ClNO5. The fraction of sp³-hybridized carbons (Fsp3) is 0.100. The zero-order valence-corrected chi connectivity index (χ0v) is 9.06. The first kappa shape index (κ1) is 11.4. The van der Waals surface area contributed by atoms with E-state index in [9.17, 15) is 9.59 Å². The Kier molecular flexibility index (Phi) is 2.72. The van der Waals surface area contributed by atoms with Crippen LogP contribution in [-0.2, 0) is 11.2 Å². The van der Waals surface area contributed by atoms with Crippen LogP contribution in [0.3, 0.4) is 0 Å². The zero-order chi connectivity index (χ0) is 12.6. The van der Waals surface area contributed by atoms with Gasteiger partial charge in [-0.3, -0.25) is 9.78 Å². The average molecular weight is 256 g/mol. The van der Waals surface area contributed by atoms with Crippen molar-refractivity contribution in [3.8, 4) is 0 Å². The molecule has 0 radical (unpaired) electrons. The van der Waals surface area contributed by atoms with E-state index in [2.05, 4.69) is 4.98 Å². The topological polar surface area (TPSA) is 101 Å². The van der Waals surface area contributed by atoms with Gasteiger partial charge in [0.2, 0.25) is 0 Å². The molecule has 0 aromatic carbocycles. The molecule has 7 heteroatoms. The first-order valence-electron chi connectivity index (χ1n) is 4.51. The van der Waals surface area contributed by atoms with Crippen LogP contribution in [0, 0.1) is 0 Å². The maximum absolute atomic E-state index is 11.0. The highest BCUT2D eigenvalue weighted by Gasteiger charge is 2.23. The van der Waals surface area contributed by atoms with Crippen LogP contribution in [0.15, 0.2) is 16.7 Å². The number of hydrogen-bond donors (Lipinski definition) is 2. The molecule has 0 saturated carbocycles. The van der Waals surface area contributed by atoms with Gasteiger partial charge in [-0.25, -0.2) is 4.79 Å². The molecule has 0 bridgehead atoms. The molecule has 0 saturated heterocycles. The number of rotatable bonds is 3. The van der Waals surface area contributed by atoms with Gasteiger partial charge in [0.1, 0.15) is 23.3 Å². The molecule has 2 rings (SSSR count). The minimum Gasteiger partial charge on any atom is -0.481 e. The van der Waals surface area contributed by atoms with Crippen LogP contribution in [0.25, 0.3) is 11.1 Å². The van der Waals surface area contributed by atoms with Crippen molar-refractivity contribution in [2.45, 2.75) is 6.42 Å². The molecule has 0 unspecified atom stereocenters. The first-order chi connectivity index (χ1) is 7.99. The quantitative estimate of drug-likeness (QED) is 0.867. The molecule has 0 aliphatic rings. The molecule has 2 heterocycles. The molecule has 17 heavy (non-hydrogen) atoms. The second-order valence-corrected chi connectivity index (χ2v) is 3.71. The summed E-state index contributed by atoms with van der Waals surface area (Å²) in [6.45, 7) is 0. The Morgan fingerprint density at radius 3 is 2.71 bits per heavy atom. The van der Waals surface area contributed by atoms with Gasteiger partial charge in [-0.2, -0.15) is 0 Å². The molecular weight excluding hydrogens is 250 g/mol. The summed E-state index contributed by atoms with van der Waals surface area (Å²) in [4.78, 5) is 25.5. The third-order valence-electron chi connectivity index (χ3n) is 2.09. The van der Waals surface area contributed by atoms with E-state index in [0.29, 0.717) is 0 Å². The van der Waals surface area contributed by atoms with E-state index in [1.165, 1.54) is 12.3 Å². The predicted octanol–water partition coefficient (Wildman–Crippen LogP) is 1.81. The van der Waals surface area contributed by atoms with E-state index in [1.807, 2.05) is 0 Å². The summed E-state index contributed by atoms with van der Waals surface area (Å²) < 4.78 is 5.14. The third-order valence-corrected chi connectivity index (χ3v) is 2.30. The third kappa shape index (κ3) is 2.07. The fourth-order valence-electron chi connectivity index (χ4n) is 1.48. The van der Waals surface area contributed by atoms with Crippen LogP contribution in [0.4, 0.5) is 0 Å². The summed E-state index contributed by atoms with van der Waals surface area (Å²) in [7, 11) is 0. The Hall–Kier alpha value is -2.08. The van der Waals surface area contributed by atoms with Gasteiger partial charge in [-0.1, -0.05) is 11.6 Å². The van der Waals surface area contributed by atoms with E-state index < -0.39 is 18.4 Å². The second-order valence-electron chi connectivity index (χ2n) is 3.28. The van der Waals surface area contributed by atoms with Crippen LogP contribution in [0.5, 0.6) is 0 Å². The number of halogens is 1. The Labute approximate surface area is 99.4 Å². The lowest BCUT2D eigenvalue weighted by Gasteiger charge is -1.93. The summed E-state index contributed by atoms with van der Waals surface area (Å²) in [5, 5.41) is 17.9. The normalized spacial score (nSPS) is 10.6. The molecule has 0 amide bonds. The van der Waals surface area contributed by atoms with Gasteiger partial charge in [0.15, 0.2) is 5.58 Å². The van der Waals surface area contributed by atoms with Crippen molar-refractivity contribution >= 4 is 34.6 Å². The minimum atomic E-state index is -1.28. The molecule has 2 aromatic rings. The van der Waals surface area contributed by atoms with Gasteiger partial charge in [0, 0.05) is 12.3 Å². The zero-order valence-electron chi connectivity index (χ0n) is 8.31. The number of pyridine rings is 1. The molecule has 88 valence electrons. The molecule has 0 fully saturated rings. The number of aromatic carboxylic acids is 1. The molecule has 2 N–H and O–H groups in total. The number of carboxylic acids is 2. The van der Waals surface area contributed by atoms with Gasteiger partial charge >= 0.3 is 11.9 Å². The Balaban J connectivity index is 2.70. The van der Waals surface area contributed by atoms with Gasteiger partial charge in [0.25, 0.3) is 0 Å². The van der Waals surface area contributed by atoms with Crippen molar-refractivity contribution in [2.75, 3.05) is 0 Å². The Morgan fingerprint density at radius 2 is 2.12 bits per heavy atom.